The summed E-state index contributed by atoms with van der Waals surface area (Å²) in [5.41, 5.74) is 0.957. The number of nitrogens with zero attached hydrogens (tertiary/aromatic N) is 4. The third kappa shape index (κ3) is 6.32. The molecule has 3 heterocycles. The van der Waals surface area contributed by atoms with E-state index >= 15 is 0 Å². The molecule has 3 aromatic rings. The number of amides is 3. The highest BCUT2D eigenvalue weighted by atomic mass is 32.1. The van der Waals surface area contributed by atoms with Gasteiger partial charge in [0, 0.05) is 43.4 Å². The first-order valence-electron chi connectivity index (χ1n) is 11.5. The van der Waals surface area contributed by atoms with Gasteiger partial charge in [0.25, 0.3) is 0 Å². The van der Waals surface area contributed by atoms with E-state index in [1.165, 1.54) is 0 Å². The van der Waals surface area contributed by atoms with Crippen LogP contribution in [0.4, 0.5) is 0 Å². The summed E-state index contributed by atoms with van der Waals surface area (Å²) in [5, 5.41) is 4.90. The number of benzene rings is 1. The molecule has 1 N–H and O–H groups in total. The number of nitrogens with one attached hydrogen (secondary N) is 1. The van der Waals surface area contributed by atoms with Crippen LogP contribution in [0.3, 0.4) is 0 Å². The zero-order valence-corrected chi connectivity index (χ0v) is 19.8. The van der Waals surface area contributed by atoms with Crippen molar-refractivity contribution in [3.05, 3.63) is 77.0 Å². The minimum absolute atomic E-state index is 0.0290. The van der Waals surface area contributed by atoms with Crippen molar-refractivity contribution < 1.29 is 14.4 Å². The second-order valence-electron chi connectivity index (χ2n) is 8.32. The van der Waals surface area contributed by atoms with Gasteiger partial charge in [-0.05, 0) is 29.9 Å². The maximum Gasteiger partial charge on any atom is 0.246 e. The number of aromatic nitrogens is 2. The maximum absolute atomic E-state index is 13.4. The number of aryl methyl sites for hydroxylation is 1. The molecular formula is C25H29N5O3S. The number of carbonyl (C=O) groups excluding carboxylic acids is 3. The average Bonchev–Trinajstić information content (AvgIpc) is 3.55. The van der Waals surface area contributed by atoms with Crippen molar-refractivity contribution in [3.8, 4) is 0 Å². The molecule has 1 aliphatic rings. The molecule has 9 heteroatoms. The average molecular weight is 480 g/mol. The van der Waals surface area contributed by atoms with E-state index in [-0.39, 0.29) is 30.7 Å². The van der Waals surface area contributed by atoms with E-state index in [1.807, 2.05) is 58.6 Å². The van der Waals surface area contributed by atoms with Gasteiger partial charge in [-0.3, -0.25) is 14.4 Å². The molecule has 0 spiro atoms. The second kappa shape index (κ2) is 11.6. The Labute approximate surface area is 203 Å². The van der Waals surface area contributed by atoms with E-state index in [9.17, 15) is 14.4 Å². The molecule has 8 nitrogen and oxygen atoms in total. The first-order valence-corrected chi connectivity index (χ1v) is 12.3. The Kier molecular flexibility index (Phi) is 8.08. The van der Waals surface area contributed by atoms with Crippen molar-refractivity contribution in [1.82, 2.24) is 24.7 Å². The van der Waals surface area contributed by atoms with Gasteiger partial charge in [0.1, 0.15) is 12.6 Å². The normalized spacial score (nSPS) is 16.2. The molecule has 178 valence electrons. The van der Waals surface area contributed by atoms with E-state index in [4.69, 9.17) is 0 Å². The molecule has 0 bridgehead atoms. The van der Waals surface area contributed by atoms with E-state index in [0.717, 1.165) is 23.4 Å². The molecule has 3 amide bonds. The number of carbonyl (C=O) groups is 3. The number of thiophene rings is 1. The lowest BCUT2D eigenvalue weighted by molar-refractivity contribution is -0.157. The lowest BCUT2D eigenvalue weighted by Crippen LogP contribution is -2.60. The zero-order valence-electron chi connectivity index (χ0n) is 19.0. The minimum Gasteiger partial charge on any atom is -0.356 e. The number of rotatable bonds is 11. The van der Waals surface area contributed by atoms with Gasteiger partial charge in [-0.25, -0.2) is 4.98 Å². The molecule has 0 aliphatic carbocycles. The Bertz CT molecular complexity index is 1070. The maximum atomic E-state index is 13.4. The molecule has 1 aliphatic heterocycles. The number of piperazine rings is 1. The van der Waals surface area contributed by atoms with Gasteiger partial charge < -0.3 is 19.7 Å². The van der Waals surface area contributed by atoms with Gasteiger partial charge in [0.05, 0.1) is 12.7 Å². The Morgan fingerprint density at radius 2 is 1.97 bits per heavy atom. The molecular weight excluding hydrogens is 450 g/mol. The summed E-state index contributed by atoms with van der Waals surface area (Å²) in [6.45, 7) is 2.05. The third-order valence-corrected chi connectivity index (χ3v) is 6.80. The predicted octanol–water partition coefficient (Wildman–Crippen LogP) is 2.32. The van der Waals surface area contributed by atoms with Gasteiger partial charge in [0.2, 0.25) is 17.7 Å². The highest BCUT2D eigenvalue weighted by Gasteiger charge is 2.40. The molecule has 4 rings (SSSR count). The Morgan fingerprint density at radius 1 is 1.12 bits per heavy atom. The number of hydrogen-bond acceptors (Lipinski definition) is 5. The highest BCUT2D eigenvalue weighted by molar-refractivity contribution is 7.09. The lowest BCUT2D eigenvalue weighted by Gasteiger charge is -2.40. The van der Waals surface area contributed by atoms with Crippen molar-refractivity contribution in [1.29, 1.82) is 0 Å². The van der Waals surface area contributed by atoms with Crippen LogP contribution in [0.5, 0.6) is 0 Å². The molecule has 0 saturated carbocycles. The van der Waals surface area contributed by atoms with Crippen molar-refractivity contribution in [2.75, 3.05) is 19.6 Å². The van der Waals surface area contributed by atoms with Crippen molar-refractivity contribution in [2.45, 2.75) is 38.4 Å². The second-order valence-corrected chi connectivity index (χ2v) is 9.35. The monoisotopic (exact) mass is 479 g/mol. The largest absolute Gasteiger partial charge is 0.356 e. The highest BCUT2D eigenvalue weighted by Crippen LogP contribution is 2.20. The molecule has 1 aromatic carbocycles. The summed E-state index contributed by atoms with van der Waals surface area (Å²) < 4.78 is 1.95. The SMILES string of the molecule is O=C(CC1C(=O)N(Cc2ccccc2)CC(=O)N1CCc1cccs1)NCCCn1ccnc1. The van der Waals surface area contributed by atoms with Crippen molar-refractivity contribution >= 4 is 29.1 Å². The predicted molar refractivity (Wildman–Crippen MR) is 130 cm³/mol. The molecule has 1 atom stereocenters. The lowest BCUT2D eigenvalue weighted by atomic mass is 10.0. The summed E-state index contributed by atoms with van der Waals surface area (Å²) in [6.07, 6.45) is 6.71. The Hall–Kier alpha value is -3.46. The molecule has 1 unspecified atom stereocenters. The Morgan fingerprint density at radius 3 is 2.71 bits per heavy atom. The molecule has 2 aromatic heterocycles. The van der Waals surface area contributed by atoms with Crippen LogP contribution in [-0.2, 0) is 33.9 Å². The van der Waals surface area contributed by atoms with Crippen LogP contribution in [0, 0.1) is 0 Å². The number of hydrogen-bond donors (Lipinski definition) is 1. The minimum atomic E-state index is -0.793. The van der Waals surface area contributed by atoms with Gasteiger partial charge in [-0.15, -0.1) is 11.3 Å². The van der Waals surface area contributed by atoms with Crippen LogP contribution >= 0.6 is 11.3 Å². The molecule has 1 saturated heterocycles. The van der Waals surface area contributed by atoms with Crippen molar-refractivity contribution in [2.24, 2.45) is 0 Å². The summed E-state index contributed by atoms with van der Waals surface area (Å²) in [7, 11) is 0. The van der Waals surface area contributed by atoms with Crippen molar-refractivity contribution in [3.63, 3.8) is 0 Å². The third-order valence-electron chi connectivity index (χ3n) is 5.87. The quantitative estimate of drug-likeness (QED) is 0.428. The fourth-order valence-electron chi connectivity index (χ4n) is 4.11. The molecule has 0 radical (unpaired) electrons. The fourth-order valence-corrected chi connectivity index (χ4v) is 4.81. The van der Waals surface area contributed by atoms with Crippen LogP contribution in [0.25, 0.3) is 0 Å². The molecule has 1 fully saturated rings. The topological polar surface area (TPSA) is 87.5 Å². The summed E-state index contributed by atoms with van der Waals surface area (Å²) >= 11 is 1.62. The smallest absolute Gasteiger partial charge is 0.246 e. The van der Waals surface area contributed by atoms with E-state index in [0.29, 0.717) is 26.1 Å². The van der Waals surface area contributed by atoms with Crippen LogP contribution in [0.15, 0.2) is 66.6 Å². The van der Waals surface area contributed by atoms with Gasteiger partial charge >= 0.3 is 0 Å². The van der Waals surface area contributed by atoms with Crippen LogP contribution < -0.4 is 5.32 Å². The Balaban J connectivity index is 1.39. The summed E-state index contributed by atoms with van der Waals surface area (Å²) in [5.74, 6) is -0.521. The zero-order chi connectivity index (χ0) is 23.8. The van der Waals surface area contributed by atoms with Crippen LogP contribution in [-0.4, -0.2) is 62.7 Å². The van der Waals surface area contributed by atoms with Gasteiger partial charge in [-0.2, -0.15) is 0 Å². The standard InChI is InChI=1S/C25H29N5O3S/c31-23(27-10-5-12-28-14-11-26-19-28)16-22-25(33)29(17-20-6-2-1-3-7-20)18-24(32)30(22)13-9-21-8-4-15-34-21/h1-4,6-8,11,14-15,19,22H,5,9-10,12-13,16-18H2,(H,27,31). The summed E-state index contributed by atoms with van der Waals surface area (Å²) in [4.78, 5) is 47.5. The summed E-state index contributed by atoms with van der Waals surface area (Å²) in [6, 6.07) is 12.8. The van der Waals surface area contributed by atoms with Crippen LogP contribution in [0.1, 0.15) is 23.3 Å². The van der Waals surface area contributed by atoms with E-state index in [2.05, 4.69) is 10.3 Å². The van der Waals surface area contributed by atoms with E-state index < -0.39 is 6.04 Å². The first-order chi connectivity index (χ1) is 16.6. The number of imidazole rings is 1. The van der Waals surface area contributed by atoms with E-state index in [1.54, 1.807) is 33.7 Å². The van der Waals surface area contributed by atoms with Gasteiger partial charge in [-0.1, -0.05) is 36.4 Å². The van der Waals surface area contributed by atoms with Crippen LogP contribution in [0.2, 0.25) is 0 Å². The first kappa shape index (κ1) is 23.7. The fraction of sp³-hybridized carbons (Fsp3) is 0.360. The van der Waals surface area contributed by atoms with Gasteiger partial charge in [0.15, 0.2) is 0 Å². The molecule has 34 heavy (non-hydrogen) atoms.